The van der Waals surface area contributed by atoms with Gasteiger partial charge >= 0.3 is 6.09 Å². The van der Waals surface area contributed by atoms with E-state index in [4.69, 9.17) is 16.3 Å². The fraction of sp³-hybridized carbons (Fsp3) is 0.167. The molecule has 0 aliphatic carbocycles. The SMILES string of the molecule is O=C(NCCC#Cc1cc(F)c(Cl)c(F)c1)OCc1ccccc1. The lowest BCUT2D eigenvalue weighted by Gasteiger charge is -2.05. The van der Waals surface area contributed by atoms with E-state index < -0.39 is 22.8 Å². The number of alkyl carbamates (subject to hydrolysis) is 1. The predicted octanol–water partition coefficient (Wildman–Crippen LogP) is 4.29. The molecule has 0 atom stereocenters. The van der Waals surface area contributed by atoms with E-state index >= 15 is 0 Å². The Morgan fingerprint density at radius 2 is 1.83 bits per heavy atom. The molecular formula is C18H14ClF2NO2. The van der Waals surface area contributed by atoms with Crippen LogP contribution in [0.3, 0.4) is 0 Å². The highest BCUT2D eigenvalue weighted by Gasteiger charge is 2.07. The molecule has 2 aromatic carbocycles. The number of carbonyl (C=O) groups excluding carboxylic acids is 1. The molecule has 0 aliphatic rings. The summed E-state index contributed by atoms with van der Waals surface area (Å²) in [5, 5.41) is 1.99. The molecule has 0 heterocycles. The third-order valence-electron chi connectivity index (χ3n) is 2.95. The van der Waals surface area contributed by atoms with Gasteiger partial charge in [-0.05, 0) is 17.7 Å². The molecule has 0 saturated heterocycles. The second kappa shape index (κ2) is 8.90. The molecule has 0 radical (unpaired) electrons. The lowest BCUT2D eigenvalue weighted by molar-refractivity contribution is 0.140. The van der Waals surface area contributed by atoms with E-state index in [0.29, 0.717) is 6.42 Å². The lowest BCUT2D eigenvalue weighted by Crippen LogP contribution is -2.24. The third-order valence-corrected chi connectivity index (χ3v) is 3.31. The first-order valence-electron chi connectivity index (χ1n) is 7.14. The molecule has 1 amide bonds. The number of halogens is 3. The smallest absolute Gasteiger partial charge is 0.407 e. The maximum atomic E-state index is 13.2. The van der Waals surface area contributed by atoms with Crippen molar-refractivity contribution in [1.82, 2.24) is 5.32 Å². The zero-order valence-corrected chi connectivity index (χ0v) is 13.4. The predicted molar refractivity (Wildman–Crippen MR) is 87.5 cm³/mol. The van der Waals surface area contributed by atoms with Crippen LogP contribution >= 0.6 is 11.6 Å². The third kappa shape index (κ3) is 5.56. The minimum Gasteiger partial charge on any atom is -0.445 e. The fourth-order valence-electron chi connectivity index (χ4n) is 1.79. The standard InChI is InChI=1S/C18H14ClF2NO2/c19-17-15(20)10-14(11-16(17)21)8-4-5-9-22-18(23)24-12-13-6-2-1-3-7-13/h1-3,6-7,10-11H,5,9,12H2,(H,22,23). The minimum absolute atomic E-state index is 0.182. The van der Waals surface area contributed by atoms with Crippen molar-refractivity contribution in [2.45, 2.75) is 13.0 Å². The molecule has 2 rings (SSSR count). The minimum atomic E-state index is -0.858. The monoisotopic (exact) mass is 349 g/mol. The van der Waals surface area contributed by atoms with Gasteiger partial charge in [-0.3, -0.25) is 0 Å². The number of hydrogen-bond acceptors (Lipinski definition) is 2. The van der Waals surface area contributed by atoms with E-state index in [2.05, 4.69) is 17.2 Å². The van der Waals surface area contributed by atoms with Gasteiger partial charge in [-0.25, -0.2) is 13.6 Å². The number of hydrogen-bond donors (Lipinski definition) is 1. The van der Waals surface area contributed by atoms with Gasteiger partial charge in [-0.2, -0.15) is 0 Å². The Hall–Kier alpha value is -2.58. The van der Waals surface area contributed by atoms with Crippen LogP contribution in [0.1, 0.15) is 17.5 Å². The molecular weight excluding hydrogens is 336 g/mol. The Morgan fingerprint density at radius 3 is 2.50 bits per heavy atom. The number of carbonyl (C=O) groups is 1. The van der Waals surface area contributed by atoms with Crippen LogP contribution in [0, 0.1) is 23.5 Å². The number of ether oxygens (including phenoxy) is 1. The molecule has 0 spiro atoms. The normalized spacial score (nSPS) is 9.79. The maximum Gasteiger partial charge on any atom is 0.407 e. The van der Waals surface area contributed by atoms with Crippen LogP contribution in [0.15, 0.2) is 42.5 Å². The Kier molecular flexibility index (Phi) is 6.59. The van der Waals surface area contributed by atoms with Crippen LogP contribution in [-0.2, 0) is 11.3 Å². The van der Waals surface area contributed by atoms with E-state index in [1.54, 1.807) is 0 Å². The van der Waals surface area contributed by atoms with Crippen molar-refractivity contribution >= 4 is 17.7 Å². The molecule has 0 unspecified atom stereocenters. The average Bonchev–Trinajstić information content (AvgIpc) is 2.58. The number of amides is 1. The molecule has 0 aromatic heterocycles. The summed E-state index contributed by atoms with van der Waals surface area (Å²) in [5.41, 5.74) is 1.07. The second-order valence-electron chi connectivity index (χ2n) is 4.79. The van der Waals surface area contributed by atoms with Crippen molar-refractivity contribution in [2.24, 2.45) is 0 Å². The van der Waals surface area contributed by atoms with Crippen molar-refractivity contribution in [3.05, 3.63) is 70.2 Å². The van der Waals surface area contributed by atoms with Crippen molar-refractivity contribution in [1.29, 1.82) is 0 Å². The molecule has 3 nitrogen and oxygen atoms in total. The van der Waals surface area contributed by atoms with Crippen molar-refractivity contribution in [3.8, 4) is 11.8 Å². The zero-order valence-electron chi connectivity index (χ0n) is 12.6. The summed E-state index contributed by atoms with van der Waals surface area (Å²) >= 11 is 5.38. The van der Waals surface area contributed by atoms with Gasteiger partial charge in [-0.15, -0.1) is 0 Å². The first-order chi connectivity index (χ1) is 11.6. The first-order valence-corrected chi connectivity index (χ1v) is 7.52. The van der Waals surface area contributed by atoms with Crippen LogP contribution in [0.25, 0.3) is 0 Å². The maximum absolute atomic E-state index is 13.2. The van der Waals surface area contributed by atoms with Gasteiger partial charge in [0.25, 0.3) is 0 Å². The van der Waals surface area contributed by atoms with Gasteiger partial charge in [0.15, 0.2) is 0 Å². The lowest BCUT2D eigenvalue weighted by atomic mass is 10.2. The molecule has 1 N–H and O–H groups in total. The summed E-state index contributed by atoms with van der Waals surface area (Å²) in [6.45, 7) is 0.445. The van der Waals surface area contributed by atoms with Crippen LogP contribution in [0.5, 0.6) is 0 Å². The van der Waals surface area contributed by atoms with Gasteiger partial charge in [0.2, 0.25) is 0 Å². The van der Waals surface area contributed by atoms with Gasteiger partial charge in [0.1, 0.15) is 23.3 Å². The summed E-state index contributed by atoms with van der Waals surface area (Å²) < 4.78 is 31.5. The second-order valence-corrected chi connectivity index (χ2v) is 5.17. The molecule has 0 aliphatic heterocycles. The van der Waals surface area contributed by atoms with Crippen molar-refractivity contribution in [3.63, 3.8) is 0 Å². The van der Waals surface area contributed by atoms with Crippen LogP contribution in [-0.4, -0.2) is 12.6 Å². The van der Waals surface area contributed by atoms with E-state index in [1.807, 2.05) is 30.3 Å². The van der Waals surface area contributed by atoms with Crippen LogP contribution in [0.2, 0.25) is 5.02 Å². The Balaban J connectivity index is 1.72. The van der Waals surface area contributed by atoms with Gasteiger partial charge in [0, 0.05) is 18.5 Å². The molecule has 6 heteroatoms. The zero-order chi connectivity index (χ0) is 17.4. The van der Waals surface area contributed by atoms with Crippen molar-refractivity contribution in [2.75, 3.05) is 6.54 Å². The molecule has 0 fully saturated rings. The number of rotatable bonds is 4. The molecule has 124 valence electrons. The summed E-state index contributed by atoms with van der Waals surface area (Å²) in [7, 11) is 0. The molecule has 24 heavy (non-hydrogen) atoms. The highest BCUT2D eigenvalue weighted by molar-refractivity contribution is 6.30. The topological polar surface area (TPSA) is 38.3 Å². The quantitative estimate of drug-likeness (QED) is 0.508. The van der Waals surface area contributed by atoms with Gasteiger partial charge in [-0.1, -0.05) is 53.8 Å². The Morgan fingerprint density at radius 1 is 1.17 bits per heavy atom. The molecule has 0 bridgehead atoms. The van der Waals surface area contributed by atoms with Crippen LogP contribution in [0.4, 0.5) is 13.6 Å². The van der Waals surface area contributed by atoms with E-state index in [0.717, 1.165) is 17.7 Å². The number of benzene rings is 2. The first kappa shape index (κ1) is 17.8. The average molecular weight is 350 g/mol. The van der Waals surface area contributed by atoms with Gasteiger partial charge < -0.3 is 10.1 Å². The highest BCUT2D eigenvalue weighted by atomic mass is 35.5. The van der Waals surface area contributed by atoms with E-state index in [-0.39, 0.29) is 18.7 Å². The van der Waals surface area contributed by atoms with Crippen LogP contribution < -0.4 is 5.32 Å². The Bertz CT molecular complexity index is 747. The fourth-order valence-corrected chi connectivity index (χ4v) is 1.90. The summed E-state index contributed by atoms with van der Waals surface area (Å²) in [4.78, 5) is 11.5. The summed E-state index contributed by atoms with van der Waals surface area (Å²) in [5.74, 6) is 3.60. The van der Waals surface area contributed by atoms with E-state index in [1.165, 1.54) is 0 Å². The largest absolute Gasteiger partial charge is 0.445 e. The van der Waals surface area contributed by atoms with Crippen molar-refractivity contribution < 1.29 is 18.3 Å². The molecule has 2 aromatic rings. The van der Waals surface area contributed by atoms with E-state index in [9.17, 15) is 13.6 Å². The number of nitrogens with one attached hydrogen (secondary N) is 1. The molecule has 0 saturated carbocycles. The highest BCUT2D eigenvalue weighted by Crippen LogP contribution is 2.19. The summed E-state index contributed by atoms with van der Waals surface area (Å²) in [6.07, 6.45) is -0.240. The summed E-state index contributed by atoms with van der Waals surface area (Å²) in [6, 6.07) is 11.4. The van der Waals surface area contributed by atoms with Gasteiger partial charge in [0.05, 0.1) is 0 Å². The Labute approximate surface area is 143 Å².